The van der Waals surface area contributed by atoms with Gasteiger partial charge in [0.1, 0.15) is 0 Å². The predicted octanol–water partition coefficient (Wildman–Crippen LogP) is 2.12. The molecule has 0 aromatic rings. The third kappa shape index (κ3) is 2.80. The quantitative estimate of drug-likeness (QED) is 0.693. The molecule has 0 saturated carbocycles. The summed E-state index contributed by atoms with van der Waals surface area (Å²) in [6, 6.07) is 0. The Morgan fingerprint density at radius 2 is 2.29 bits per heavy atom. The average Bonchev–Trinajstić information content (AvgIpc) is 2.84. The molecule has 0 spiro atoms. The van der Waals surface area contributed by atoms with E-state index >= 15 is 0 Å². The van der Waals surface area contributed by atoms with Crippen LogP contribution in [0.4, 0.5) is 0 Å². The van der Waals surface area contributed by atoms with Crippen molar-refractivity contribution < 1.29 is 19.0 Å². The molecule has 2 saturated heterocycles. The first-order valence-corrected chi connectivity index (χ1v) is 6.54. The molecule has 0 aliphatic carbocycles. The molecule has 0 radical (unpaired) electrons. The highest BCUT2D eigenvalue weighted by molar-refractivity contribution is 5.69. The minimum atomic E-state index is -0.0887. The van der Waals surface area contributed by atoms with Crippen molar-refractivity contribution in [3.05, 3.63) is 0 Å². The van der Waals surface area contributed by atoms with Crippen molar-refractivity contribution >= 4 is 5.97 Å². The van der Waals surface area contributed by atoms with Gasteiger partial charge < -0.3 is 14.2 Å². The summed E-state index contributed by atoms with van der Waals surface area (Å²) in [4.78, 5) is 11.3. The van der Waals surface area contributed by atoms with E-state index in [0.717, 1.165) is 32.5 Å². The Hall–Kier alpha value is -0.610. The van der Waals surface area contributed by atoms with Gasteiger partial charge in [0.25, 0.3) is 0 Å². The molecule has 0 unspecified atom stereocenters. The van der Waals surface area contributed by atoms with Crippen molar-refractivity contribution in [2.45, 2.75) is 45.8 Å². The van der Waals surface area contributed by atoms with Crippen molar-refractivity contribution in [2.75, 3.05) is 19.8 Å². The maximum Gasteiger partial charge on any atom is 0.305 e. The summed E-state index contributed by atoms with van der Waals surface area (Å²) < 4.78 is 16.1. The largest absolute Gasteiger partial charge is 0.466 e. The van der Waals surface area contributed by atoms with Gasteiger partial charge in [0.2, 0.25) is 0 Å². The molecule has 3 atom stereocenters. The van der Waals surface area contributed by atoms with Crippen LogP contribution in [0.15, 0.2) is 0 Å². The Labute approximate surface area is 103 Å². The molecule has 0 bridgehead atoms. The normalized spacial score (nSPS) is 35.9. The van der Waals surface area contributed by atoms with Crippen molar-refractivity contribution in [3.63, 3.8) is 0 Å². The van der Waals surface area contributed by atoms with Crippen LogP contribution < -0.4 is 0 Å². The molecule has 0 N–H and O–H groups in total. The molecule has 0 aromatic carbocycles. The van der Waals surface area contributed by atoms with E-state index in [9.17, 15) is 4.79 Å². The van der Waals surface area contributed by atoms with Gasteiger partial charge in [-0.05, 0) is 31.6 Å². The molecule has 17 heavy (non-hydrogen) atoms. The Morgan fingerprint density at radius 1 is 1.47 bits per heavy atom. The summed E-state index contributed by atoms with van der Waals surface area (Å²) in [5.74, 6) is 0.416. The number of carbonyl (C=O) groups is 1. The molecular weight excluding hydrogens is 220 g/mol. The summed E-state index contributed by atoms with van der Waals surface area (Å²) in [6.07, 6.45) is 3.49. The zero-order valence-corrected chi connectivity index (χ0v) is 10.7. The monoisotopic (exact) mass is 242 g/mol. The molecule has 2 aliphatic rings. The van der Waals surface area contributed by atoms with E-state index in [1.165, 1.54) is 0 Å². The molecule has 2 heterocycles. The van der Waals surface area contributed by atoms with Gasteiger partial charge in [0.05, 0.1) is 19.8 Å². The third-order valence-electron chi connectivity index (χ3n) is 3.95. The first-order valence-electron chi connectivity index (χ1n) is 6.54. The van der Waals surface area contributed by atoms with Gasteiger partial charge in [-0.1, -0.05) is 6.92 Å². The second-order valence-electron chi connectivity index (χ2n) is 5.26. The molecule has 98 valence electrons. The zero-order chi connectivity index (χ0) is 12.3. The second kappa shape index (κ2) is 5.36. The molecule has 4 nitrogen and oxygen atoms in total. The summed E-state index contributed by atoms with van der Waals surface area (Å²) in [5, 5.41) is 0. The maximum atomic E-state index is 11.3. The van der Waals surface area contributed by atoms with E-state index < -0.39 is 0 Å². The van der Waals surface area contributed by atoms with Crippen LogP contribution >= 0.6 is 0 Å². The third-order valence-corrected chi connectivity index (χ3v) is 3.95. The fraction of sp³-hybridized carbons (Fsp3) is 0.923. The van der Waals surface area contributed by atoms with Gasteiger partial charge in [-0.2, -0.15) is 0 Å². The predicted molar refractivity (Wildman–Crippen MR) is 62.4 cm³/mol. The number of rotatable bonds is 5. The maximum absolute atomic E-state index is 11.3. The highest BCUT2D eigenvalue weighted by Crippen LogP contribution is 2.47. The van der Waals surface area contributed by atoms with Gasteiger partial charge >= 0.3 is 5.97 Å². The Balaban J connectivity index is 1.76. The lowest BCUT2D eigenvalue weighted by atomic mass is 9.75. The van der Waals surface area contributed by atoms with Gasteiger partial charge in [0.15, 0.2) is 6.29 Å². The molecule has 2 fully saturated rings. The first kappa shape index (κ1) is 12.8. The standard InChI is InChI=1S/C13H22O4/c1-3-15-11(14)5-4-7-13(2)9-17-12-10(13)6-8-16-12/h10,12H,3-9H2,1-2H3/t10-,12-,13+/m0/s1. The highest BCUT2D eigenvalue weighted by atomic mass is 16.7. The summed E-state index contributed by atoms with van der Waals surface area (Å²) >= 11 is 0. The number of hydrogen-bond acceptors (Lipinski definition) is 4. The SMILES string of the molecule is CCOC(=O)CCC[C@]1(C)CO[C@@H]2OCC[C@@H]21. The van der Waals surface area contributed by atoms with Gasteiger partial charge in [-0.3, -0.25) is 4.79 Å². The van der Waals surface area contributed by atoms with Crippen LogP contribution in [0.25, 0.3) is 0 Å². The number of esters is 1. The van der Waals surface area contributed by atoms with Crippen LogP contribution in [0.5, 0.6) is 0 Å². The molecule has 2 rings (SSSR count). The Bertz CT molecular complexity index is 279. The molecule has 0 amide bonds. The van der Waals surface area contributed by atoms with E-state index in [0.29, 0.717) is 18.9 Å². The van der Waals surface area contributed by atoms with Crippen LogP contribution in [0.1, 0.15) is 39.5 Å². The van der Waals surface area contributed by atoms with Crippen LogP contribution in [0, 0.1) is 11.3 Å². The summed E-state index contributed by atoms with van der Waals surface area (Å²) in [7, 11) is 0. The fourth-order valence-corrected chi connectivity index (χ4v) is 2.91. The van der Waals surface area contributed by atoms with Gasteiger partial charge in [-0.15, -0.1) is 0 Å². The van der Waals surface area contributed by atoms with E-state index in [4.69, 9.17) is 14.2 Å². The lowest BCUT2D eigenvalue weighted by Gasteiger charge is -2.27. The minimum Gasteiger partial charge on any atom is -0.466 e. The molecular formula is C13H22O4. The number of fused-ring (bicyclic) bond motifs is 1. The lowest BCUT2D eigenvalue weighted by molar-refractivity contribution is -0.143. The number of hydrogen-bond donors (Lipinski definition) is 0. The molecule has 2 aliphatic heterocycles. The van der Waals surface area contributed by atoms with Gasteiger partial charge in [0, 0.05) is 12.3 Å². The van der Waals surface area contributed by atoms with Crippen molar-refractivity contribution in [1.29, 1.82) is 0 Å². The van der Waals surface area contributed by atoms with Crippen LogP contribution in [0.2, 0.25) is 0 Å². The topological polar surface area (TPSA) is 44.8 Å². The lowest BCUT2D eigenvalue weighted by Crippen LogP contribution is -2.27. The van der Waals surface area contributed by atoms with E-state index in [1.54, 1.807) is 0 Å². The van der Waals surface area contributed by atoms with Crippen LogP contribution in [0.3, 0.4) is 0 Å². The zero-order valence-electron chi connectivity index (χ0n) is 10.7. The summed E-state index contributed by atoms with van der Waals surface area (Å²) in [5.41, 5.74) is 0.174. The van der Waals surface area contributed by atoms with Crippen molar-refractivity contribution in [3.8, 4) is 0 Å². The van der Waals surface area contributed by atoms with Crippen molar-refractivity contribution in [1.82, 2.24) is 0 Å². The number of carbonyl (C=O) groups excluding carboxylic acids is 1. The first-order chi connectivity index (χ1) is 8.15. The van der Waals surface area contributed by atoms with Crippen LogP contribution in [-0.4, -0.2) is 32.1 Å². The van der Waals surface area contributed by atoms with Crippen molar-refractivity contribution in [2.24, 2.45) is 11.3 Å². The highest BCUT2D eigenvalue weighted by Gasteiger charge is 2.49. The van der Waals surface area contributed by atoms with Gasteiger partial charge in [-0.25, -0.2) is 0 Å². The Kier molecular flexibility index (Phi) is 4.05. The Morgan fingerprint density at radius 3 is 3.06 bits per heavy atom. The smallest absolute Gasteiger partial charge is 0.305 e. The van der Waals surface area contributed by atoms with Crippen LogP contribution in [-0.2, 0) is 19.0 Å². The summed E-state index contributed by atoms with van der Waals surface area (Å²) in [6.45, 7) is 6.12. The number of ether oxygens (including phenoxy) is 3. The fourth-order valence-electron chi connectivity index (χ4n) is 2.91. The van der Waals surface area contributed by atoms with E-state index in [2.05, 4.69) is 6.92 Å². The molecule has 0 aromatic heterocycles. The van der Waals surface area contributed by atoms with E-state index in [-0.39, 0.29) is 17.7 Å². The van der Waals surface area contributed by atoms with E-state index in [1.807, 2.05) is 6.92 Å². The molecule has 4 heteroatoms. The average molecular weight is 242 g/mol. The minimum absolute atomic E-state index is 0.00240. The second-order valence-corrected chi connectivity index (χ2v) is 5.26.